The van der Waals surface area contributed by atoms with E-state index in [-0.39, 0.29) is 36.9 Å². The van der Waals surface area contributed by atoms with E-state index in [4.69, 9.17) is 25.4 Å². The molecule has 6 heteroatoms. The molecule has 188 valence electrons. The Kier molecular flexibility index (Phi) is 7.40. The molecule has 0 radical (unpaired) electrons. The Balaban J connectivity index is 1.60. The number of hydrogen-bond donors (Lipinski definition) is 0. The topological polar surface area (TPSA) is 71.1 Å². The first-order valence-corrected chi connectivity index (χ1v) is 12.6. The van der Waals surface area contributed by atoms with Crippen molar-refractivity contribution in [2.24, 2.45) is 23.7 Å². The van der Waals surface area contributed by atoms with Crippen LogP contribution in [0.3, 0.4) is 0 Å². The standard InChI is InChI=1S/C29H36O6/c1-6-16-32-18-25(31)33-23-17-29(19(2)3)27(26-20(4)12-14-22(26)28(23,5)35-29)34-24(30)15-13-21-10-8-7-9-11-21/h1,7-11,13,15,19-20,22-23,26-27H,12,14,16-18H2,2-5H3/t20-,22-,23-,26-,27+,28?,29-/m1/s1. The molecule has 1 unspecified atom stereocenters. The van der Waals surface area contributed by atoms with Gasteiger partial charge in [-0.3, -0.25) is 0 Å². The number of esters is 2. The van der Waals surface area contributed by atoms with Crippen LogP contribution in [0.5, 0.6) is 0 Å². The highest BCUT2D eigenvalue weighted by atomic mass is 16.6. The summed E-state index contributed by atoms with van der Waals surface area (Å²) in [6, 6.07) is 9.66. The number of terminal acetylenes is 1. The van der Waals surface area contributed by atoms with Crippen molar-refractivity contribution in [2.45, 2.75) is 70.4 Å². The van der Waals surface area contributed by atoms with Gasteiger partial charge in [-0.25, -0.2) is 9.59 Å². The van der Waals surface area contributed by atoms with Gasteiger partial charge in [0.1, 0.15) is 36.6 Å². The van der Waals surface area contributed by atoms with E-state index in [1.807, 2.05) is 30.3 Å². The first kappa shape index (κ1) is 25.5. The van der Waals surface area contributed by atoms with Crippen molar-refractivity contribution < 1.29 is 28.5 Å². The second-order valence-corrected chi connectivity index (χ2v) is 10.6. The minimum absolute atomic E-state index is 0.0490. The van der Waals surface area contributed by atoms with Crippen LogP contribution in [0.25, 0.3) is 6.08 Å². The van der Waals surface area contributed by atoms with Crippen LogP contribution in [0.2, 0.25) is 0 Å². The molecule has 6 nitrogen and oxygen atoms in total. The number of rotatable bonds is 8. The van der Waals surface area contributed by atoms with Gasteiger partial charge in [0.05, 0.1) is 0 Å². The number of benzene rings is 1. The molecule has 2 saturated heterocycles. The predicted octanol–water partition coefficient (Wildman–Crippen LogP) is 4.42. The minimum atomic E-state index is -0.741. The minimum Gasteiger partial charge on any atom is -0.457 e. The Morgan fingerprint density at radius 3 is 2.66 bits per heavy atom. The van der Waals surface area contributed by atoms with Crippen molar-refractivity contribution in [3.8, 4) is 12.3 Å². The molecule has 0 amide bonds. The summed E-state index contributed by atoms with van der Waals surface area (Å²) in [6.07, 6.45) is 10.0. The molecule has 3 fully saturated rings. The molecular formula is C29H36O6. The molecule has 2 aliphatic heterocycles. The molecule has 3 aliphatic rings. The normalized spacial score (nSPS) is 35.6. The molecule has 2 heterocycles. The third-order valence-corrected chi connectivity index (χ3v) is 8.29. The first-order chi connectivity index (χ1) is 16.7. The maximum absolute atomic E-state index is 13.0. The van der Waals surface area contributed by atoms with Crippen molar-refractivity contribution in [1.29, 1.82) is 0 Å². The number of ether oxygens (including phenoxy) is 4. The monoisotopic (exact) mass is 480 g/mol. The maximum atomic E-state index is 13.0. The summed E-state index contributed by atoms with van der Waals surface area (Å²) in [5.41, 5.74) is -0.456. The zero-order valence-electron chi connectivity index (χ0n) is 21.1. The third-order valence-electron chi connectivity index (χ3n) is 8.29. The lowest BCUT2D eigenvalue weighted by atomic mass is 9.69. The van der Waals surface area contributed by atoms with Crippen molar-refractivity contribution in [2.75, 3.05) is 13.2 Å². The van der Waals surface area contributed by atoms with Crippen molar-refractivity contribution in [3.05, 3.63) is 42.0 Å². The van der Waals surface area contributed by atoms with Crippen LogP contribution in [0.1, 0.15) is 52.5 Å². The molecule has 1 aromatic rings. The quantitative estimate of drug-likeness (QED) is 0.237. The summed E-state index contributed by atoms with van der Waals surface area (Å²) in [5, 5.41) is 0. The summed E-state index contributed by atoms with van der Waals surface area (Å²) >= 11 is 0. The fourth-order valence-corrected chi connectivity index (χ4v) is 6.52. The van der Waals surface area contributed by atoms with Gasteiger partial charge in [-0.2, -0.15) is 0 Å². The van der Waals surface area contributed by atoms with Gasteiger partial charge in [0.15, 0.2) is 0 Å². The van der Waals surface area contributed by atoms with Crippen LogP contribution in [0, 0.1) is 36.0 Å². The number of fused-ring (bicyclic) bond motifs is 4. The Morgan fingerprint density at radius 2 is 1.97 bits per heavy atom. The van der Waals surface area contributed by atoms with Crippen molar-refractivity contribution in [3.63, 3.8) is 0 Å². The summed E-state index contributed by atoms with van der Waals surface area (Å²) < 4.78 is 24.2. The van der Waals surface area contributed by atoms with E-state index in [2.05, 4.69) is 33.6 Å². The van der Waals surface area contributed by atoms with Gasteiger partial charge in [-0.05, 0) is 49.2 Å². The lowest BCUT2D eigenvalue weighted by Gasteiger charge is -2.52. The molecule has 1 aliphatic carbocycles. The average Bonchev–Trinajstić information content (AvgIpc) is 3.34. The highest BCUT2D eigenvalue weighted by molar-refractivity contribution is 5.87. The molecule has 35 heavy (non-hydrogen) atoms. The average molecular weight is 481 g/mol. The molecule has 0 N–H and O–H groups in total. The van der Waals surface area contributed by atoms with Crippen LogP contribution in [0.4, 0.5) is 0 Å². The van der Waals surface area contributed by atoms with Crippen LogP contribution >= 0.6 is 0 Å². The molecular weight excluding hydrogens is 444 g/mol. The molecule has 1 aromatic carbocycles. The van der Waals surface area contributed by atoms with E-state index in [9.17, 15) is 9.59 Å². The first-order valence-electron chi connectivity index (χ1n) is 12.6. The van der Waals surface area contributed by atoms with Crippen LogP contribution in [0.15, 0.2) is 36.4 Å². The third kappa shape index (κ3) is 4.77. The number of carbonyl (C=O) groups is 2. The molecule has 0 aromatic heterocycles. The zero-order valence-corrected chi connectivity index (χ0v) is 21.1. The highest BCUT2D eigenvalue weighted by Gasteiger charge is 2.72. The smallest absolute Gasteiger partial charge is 0.332 e. The van der Waals surface area contributed by atoms with E-state index < -0.39 is 29.4 Å². The van der Waals surface area contributed by atoms with E-state index in [0.29, 0.717) is 12.3 Å². The fourth-order valence-electron chi connectivity index (χ4n) is 6.52. The SMILES string of the molecule is C#CCOCC(=O)O[C@@H]1C[C@]2(C(C)C)OC1(C)[C@@H]1CC[C@@H](C)[C@H]1[C@@H]2OC(=O)C=Cc1ccccc1. The Morgan fingerprint density at radius 1 is 1.23 bits per heavy atom. The number of carbonyl (C=O) groups excluding carboxylic acids is 2. The highest BCUT2D eigenvalue weighted by Crippen LogP contribution is 2.63. The Bertz CT molecular complexity index is 994. The molecule has 4 rings (SSSR count). The van der Waals surface area contributed by atoms with Crippen molar-refractivity contribution >= 4 is 18.0 Å². The number of hydrogen-bond acceptors (Lipinski definition) is 6. The fraction of sp³-hybridized carbons (Fsp3) is 0.586. The van der Waals surface area contributed by atoms with Gasteiger partial charge in [-0.15, -0.1) is 6.42 Å². The van der Waals surface area contributed by atoms with Gasteiger partial charge >= 0.3 is 11.9 Å². The van der Waals surface area contributed by atoms with E-state index in [1.54, 1.807) is 6.08 Å². The summed E-state index contributed by atoms with van der Waals surface area (Å²) in [6.45, 7) is 8.31. The van der Waals surface area contributed by atoms with Gasteiger partial charge in [0, 0.05) is 18.4 Å². The summed E-state index contributed by atoms with van der Waals surface area (Å²) in [5.74, 6) is 2.18. The Labute approximate surface area is 208 Å². The van der Waals surface area contributed by atoms with Gasteiger partial charge in [-0.1, -0.05) is 57.0 Å². The Hall–Kier alpha value is -2.62. The maximum Gasteiger partial charge on any atom is 0.332 e. The van der Waals surface area contributed by atoms with Gasteiger partial charge in [0.25, 0.3) is 0 Å². The molecule has 1 saturated carbocycles. The summed E-state index contributed by atoms with van der Waals surface area (Å²) in [4.78, 5) is 25.6. The van der Waals surface area contributed by atoms with Crippen LogP contribution in [-0.4, -0.2) is 48.6 Å². The lowest BCUT2D eigenvalue weighted by Crippen LogP contribution is -2.62. The zero-order chi connectivity index (χ0) is 25.2. The second kappa shape index (κ2) is 10.2. The van der Waals surface area contributed by atoms with Crippen LogP contribution in [-0.2, 0) is 28.5 Å². The van der Waals surface area contributed by atoms with E-state index in [1.165, 1.54) is 6.08 Å². The molecule has 0 spiro atoms. The predicted molar refractivity (Wildman–Crippen MR) is 132 cm³/mol. The van der Waals surface area contributed by atoms with Crippen molar-refractivity contribution in [1.82, 2.24) is 0 Å². The largest absolute Gasteiger partial charge is 0.457 e. The van der Waals surface area contributed by atoms with E-state index >= 15 is 0 Å². The van der Waals surface area contributed by atoms with Gasteiger partial charge < -0.3 is 18.9 Å². The lowest BCUT2D eigenvalue weighted by molar-refractivity contribution is -0.264. The molecule has 7 atom stereocenters. The second-order valence-electron chi connectivity index (χ2n) is 10.6. The van der Waals surface area contributed by atoms with E-state index in [0.717, 1.165) is 18.4 Å². The van der Waals surface area contributed by atoms with Crippen LogP contribution < -0.4 is 0 Å². The summed E-state index contributed by atoms with van der Waals surface area (Å²) in [7, 11) is 0. The molecule has 2 bridgehead atoms. The van der Waals surface area contributed by atoms with Gasteiger partial charge in [0.2, 0.25) is 0 Å².